The maximum atomic E-state index is 12.1. The second kappa shape index (κ2) is 6.21. The number of aromatic nitrogens is 1. The zero-order valence-electron chi connectivity index (χ0n) is 12.2. The van der Waals surface area contributed by atoms with E-state index in [1.807, 2.05) is 0 Å². The number of carbonyl (C=O) groups excluding carboxylic acids is 1. The van der Waals surface area contributed by atoms with Crippen molar-refractivity contribution in [3.8, 4) is 0 Å². The molecule has 24 heavy (non-hydrogen) atoms. The number of carboxylic acids is 1. The highest BCUT2D eigenvalue weighted by Crippen LogP contribution is 2.18. The topological polar surface area (TPSA) is 102 Å². The molecule has 3 rings (SSSR count). The van der Waals surface area contributed by atoms with Crippen molar-refractivity contribution in [1.29, 1.82) is 0 Å². The molecule has 0 aliphatic carbocycles. The van der Waals surface area contributed by atoms with E-state index in [1.54, 1.807) is 12.1 Å². The van der Waals surface area contributed by atoms with Gasteiger partial charge < -0.3 is 14.8 Å². The number of hydrogen-bond acceptors (Lipinski definition) is 4. The number of aromatic carboxylic acids is 1. The third-order valence-corrected chi connectivity index (χ3v) is 3.58. The summed E-state index contributed by atoms with van der Waals surface area (Å²) in [5.74, 6) is -2.16. The van der Waals surface area contributed by atoms with Gasteiger partial charge in [-0.1, -0.05) is 11.6 Å². The van der Waals surface area contributed by atoms with Crippen molar-refractivity contribution in [2.75, 3.05) is 5.32 Å². The van der Waals surface area contributed by atoms with Gasteiger partial charge in [0.1, 0.15) is 6.54 Å². The molecule has 0 bridgehead atoms. The van der Waals surface area contributed by atoms with Crippen molar-refractivity contribution in [3.05, 3.63) is 63.6 Å². The van der Waals surface area contributed by atoms with Gasteiger partial charge in [-0.15, -0.1) is 0 Å². The largest absolute Gasteiger partial charge is 0.478 e. The van der Waals surface area contributed by atoms with Gasteiger partial charge in [-0.05, 0) is 36.4 Å². The first-order valence-electron chi connectivity index (χ1n) is 6.86. The lowest BCUT2D eigenvalue weighted by Gasteiger charge is -2.06. The number of rotatable bonds is 4. The summed E-state index contributed by atoms with van der Waals surface area (Å²) in [6.45, 7) is -0.242. The number of carboxylic acid groups (broad SMARTS) is 1. The van der Waals surface area contributed by atoms with Crippen molar-refractivity contribution in [2.24, 2.45) is 0 Å². The number of benzene rings is 2. The first-order chi connectivity index (χ1) is 11.4. The Kier molecular flexibility index (Phi) is 4.09. The highest BCUT2D eigenvalue weighted by molar-refractivity contribution is 6.31. The maximum Gasteiger partial charge on any atom is 0.420 e. The van der Waals surface area contributed by atoms with Crippen LogP contribution in [0.25, 0.3) is 11.1 Å². The molecule has 2 aromatic carbocycles. The van der Waals surface area contributed by atoms with E-state index in [9.17, 15) is 14.4 Å². The van der Waals surface area contributed by atoms with E-state index in [0.717, 1.165) is 0 Å². The quantitative estimate of drug-likeness (QED) is 0.756. The third-order valence-electron chi connectivity index (χ3n) is 3.35. The van der Waals surface area contributed by atoms with E-state index < -0.39 is 17.6 Å². The standard InChI is InChI=1S/C16H11ClN2O5/c17-10-3-6-12-13(7-10)24-16(23)19(12)8-14(20)18-11-4-1-9(2-5-11)15(21)22/h1-7H,8H2,(H,18,20)(H,21,22). The number of fused-ring (bicyclic) bond motifs is 1. The molecule has 0 aliphatic rings. The van der Waals surface area contributed by atoms with Gasteiger partial charge in [-0.3, -0.25) is 9.36 Å². The van der Waals surface area contributed by atoms with Gasteiger partial charge in [-0.2, -0.15) is 0 Å². The zero-order chi connectivity index (χ0) is 17.3. The van der Waals surface area contributed by atoms with Crippen molar-refractivity contribution in [2.45, 2.75) is 6.54 Å². The van der Waals surface area contributed by atoms with E-state index in [4.69, 9.17) is 21.1 Å². The Bertz CT molecular complexity index is 988. The van der Waals surface area contributed by atoms with Crippen molar-refractivity contribution >= 4 is 40.3 Å². The Morgan fingerprint density at radius 1 is 1.17 bits per heavy atom. The van der Waals surface area contributed by atoms with Crippen LogP contribution in [0.5, 0.6) is 0 Å². The maximum absolute atomic E-state index is 12.1. The Labute approximate surface area is 140 Å². The zero-order valence-corrected chi connectivity index (χ0v) is 12.9. The fraction of sp³-hybridized carbons (Fsp3) is 0.0625. The molecular weight excluding hydrogens is 336 g/mol. The van der Waals surface area contributed by atoms with Gasteiger partial charge in [-0.25, -0.2) is 9.59 Å². The number of amides is 1. The van der Waals surface area contributed by atoms with Gasteiger partial charge in [0.25, 0.3) is 0 Å². The number of halogens is 1. The number of nitrogens with one attached hydrogen (secondary N) is 1. The normalized spacial score (nSPS) is 10.7. The summed E-state index contributed by atoms with van der Waals surface area (Å²) >= 11 is 5.84. The summed E-state index contributed by atoms with van der Waals surface area (Å²) in [6, 6.07) is 10.4. The van der Waals surface area contributed by atoms with Gasteiger partial charge in [0.05, 0.1) is 11.1 Å². The molecule has 1 aromatic heterocycles. The average Bonchev–Trinajstić information content (AvgIpc) is 2.82. The van der Waals surface area contributed by atoms with Crippen LogP contribution in [0.15, 0.2) is 51.7 Å². The summed E-state index contributed by atoms with van der Waals surface area (Å²) in [5.41, 5.74) is 1.29. The smallest absolute Gasteiger partial charge is 0.420 e. The summed E-state index contributed by atoms with van der Waals surface area (Å²) in [6.07, 6.45) is 0. The summed E-state index contributed by atoms with van der Waals surface area (Å²) in [4.78, 5) is 34.8. The monoisotopic (exact) mass is 346 g/mol. The fourth-order valence-corrected chi connectivity index (χ4v) is 2.39. The molecule has 1 heterocycles. The summed E-state index contributed by atoms with van der Waals surface area (Å²) < 4.78 is 6.24. The molecule has 122 valence electrons. The van der Waals surface area contributed by atoms with Crippen LogP contribution in [0.4, 0.5) is 5.69 Å². The lowest BCUT2D eigenvalue weighted by Crippen LogP contribution is -2.24. The summed E-state index contributed by atoms with van der Waals surface area (Å²) in [7, 11) is 0. The van der Waals surface area contributed by atoms with Crippen molar-refractivity contribution in [3.63, 3.8) is 0 Å². The second-order valence-corrected chi connectivity index (χ2v) is 5.43. The number of anilines is 1. The molecule has 0 saturated carbocycles. The van der Waals surface area contributed by atoms with E-state index in [-0.39, 0.29) is 12.1 Å². The van der Waals surface area contributed by atoms with E-state index in [0.29, 0.717) is 21.8 Å². The molecule has 0 aliphatic heterocycles. The Morgan fingerprint density at radius 3 is 2.54 bits per heavy atom. The molecule has 1 amide bonds. The molecule has 8 heteroatoms. The van der Waals surface area contributed by atoms with Gasteiger partial charge in [0.15, 0.2) is 5.58 Å². The predicted octanol–water partition coefficient (Wildman–Crippen LogP) is 2.58. The van der Waals surface area contributed by atoms with E-state index >= 15 is 0 Å². The summed E-state index contributed by atoms with van der Waals surface area (Å²) in [5, 5.41) is 11.8. The van der Waals surface area contributed by atoms with Gasteiger partial charge in [0.2, 0.25) is 5.91 Å². The molecule has 7 nitrogen and oxygen atoms in total. The number of carbonyl (C=O) groups is 2. The minimum atomic E-state index is -1.05. The van der Waals surface area contributed by atoms with Crippen LogP contribution < -0.4 is 11.1 Å². The van der Waals surface area contributed by atoms with Crippen LogP contribution >= 0.6 is 11.6 Å². The van der Waals surface area contributed by atoms with E-state index in [1.165, 1.54) is 34.9 Å². The van der Waals surface area contributed by atoms with Crippen LogP contribution in [0.1, 0.15) is 10.4 Å². The molecule has 0 atom stereocenters. The average molecular weight is 347 g/mol. The van der Waals surface area contributed by atoms with Crippen LogP contribution in [0, 0.1) is 0 Å². The van der Waals surface area contributed by atoms with E-state index in [2.05, 4.69) is 5.32 Å². The molecule has 0 saturated heterocycles. The van der Waals surface area contributed by atoms with Gasteiger partial charge >= 0.3 is 11.7 Å². The molecule has 0 radical (unpaired) electrons. The molecule has 3 aromatic rings. The fourth-order valence-electron chi connectivity index (χ4n) is 2.23. The van der Waals surface area contributed by atoms with Crippen molar-refractivity contribution < 1.29 is 19.1 Å². The Hall–Kier alpha value is -3.06. The minimum Gasteiger partial charge on any atom is -0.478 e. The lowest BCUT2D eigenvalue weighted by atomic mass is 10.2. The number of hydrogen-bond donors (Lipinski definition) is 2. The first-order valence-corrected chi connectivity index (χ1v) is 7.24. The Balaban J connectivity index is 1.79. The van der Waals surface area contributed by atoms with Crippen LogP contribution in [-0.2, 0) is 11.3 Å². The first kappa shape index (κ1) is 15.8. The van der Waals surface area contributed by atoms with Crippen LogP contribution in [-0.4, -0.2) is 21.6 Å². The Morgan fingerprint density at radius 2 is 1.88 bits per heavy atom. The SMILES string of the molecule is O=C(Cn1c(=O)oc2cc(Cl)ccc21)Nc1ccc(C(=O)O)cc1. The molecule has 0 unspecified atom stereocenters. The lowest BCUT2D eigenvalue weighted by molar-refractivity contribution is -0.116. The number of nitrogens with zero attached hydrogens (tertiary/aromatic N) is 1. The second-order valence-electron chi connectivity index (χ2n) is 5.00. The highest BCUT2D eigenvalue weighted by Gasteiger charge is 2.13. The van der Waals surface area contributed by atoms with Crippen molar-refractivity contribution in [1.82, 2.24) is 4.57 Å². The third kappa shape index (κ3) is 3.16. The highest BCUT2D eigenvalue weighted by atomic mass is 35.5. The molecular formula is C16H11ClN2O5. The van der Waals surface area contributed by atoms with Crippen LogP contribution in [0.3, 0.4) is 0 Å². The molecule has 2 N–H and O–H groups in total. The molecule has 0 spiro atoms. The van der Waals surface area contributed by atoms with Gasteiger partial charge in [0, 0.05) is 16.8 Å². The predicted molar refractivity (Wildman–Crippen MR) is 87.5 cm³/mol. The van der Waals surface area contributed by atoms with Crippen LogP contribution in [0.2, 0.25) is 5.02 Å². The number of oxazole rings is 1. The molecule has 0 fully saturated rings. The minimum absolute atomic E-state index is 0.113.